The third-order valence-electron chi connectivity index (χ3n) is 3.75. The first-order valence-corrected chi connectivity index (χ1v) is 8.20. The van der Waals surface area contributed by atoms with Crippen molar-refractivity contribution in [2.45, 2.75) is 39.2 Å². The van der Waals surface area contributed by atoms with E-state index in [4.69, 9.17) is 15.2 Å². The zero-order chi connectivity index (χ0) is 18.4. The number of aliphatic hydroxyl groups excluding tert-OH is 1. The first-order chi connectivity index (χ1) is 12.0. The van der Waals surface area contributed by atoms with Gasteiger partial charge in [-0.2, -0.15) is 4.98 Å². The summed E-state index contributed by atoms with van der Waals surface area (Å²) in [5.41, 5.74) is 6.62. The highest BCUT2D eigenvalue weighted by atomic mass is 16.5. The van der Waals surface area contributed by atoms with Crippen LogP contribution in [0.4, 0.5) is 11.8 Å². The van der Waals surface area contributed by atoms with Gasteiger partial charge in [0.15, 0.2) is 11.6 Å². The van der Waals surface area contributed by atoms with Crippen LogP contribution in [0.3, 0.4) is 0 Å². The number of nitrogens with two attached hydrogens (primary N) is 1. The van der Waals surface area contributed by atoms with Gasteiger partial charge < -0.3 is 25.6 Å². The minimum Gasteiger partial charge on any atom is -0.481 e. The minimum absolute atomic E-state index is 0.0276. The highest BCUT2D eigenvalue weighted by Gasteiger charge is 2.16. The number of nitrogens with zero attached hydrogens (tertiary/aromatic N) is 3. The second kappa shape index (κ2) is 8.48. The molecule has 0 amide bonds. The highest BCUT2D eigenvalue weighted by molar-refractivity contribution is 5.54. The van der Waals surface area contributed by atoms with Crippen LogP contribution in [0.5, 0.6) is 17.4 Å². The first-order valence-electron chi connectivity index (χ1n) is 8.20. The summed E-state index contributed by atoms with van der Waals surface area (Å²) in [5.74, 6) is 2.23. The summed E-state index contributed by atoms with van der Waals surface area (Å²) >= 11 is 0. The monoisotopic (exact) mass is 347 g/mol. The lowest BCUT2D eigenvalue weighted by Gasteiger charge is -2.19. The number of aromatic nitrogens is 3. The van der Waals surface area contributed by atoms with Gasteiger partial charge in [-0.15, -0.1) is 0 Å². The maximum Gasteiger partial charge on any atom is 0.222 e. The molecule has 0 radical (unpaired) electrons. The van der Waals surface area contributed by atoms with Crippen LogP contribution in [0.15, 0.2) is 18.5 Å². The van der Waals surface area contributed by atoms with Gasteiger partial charge in [0, 0.05) is 17.8 Å². The summed E-state index contributed by atoms with van der Waals surface area (Å²) in [5, 5.41) is 12.6. The summed E-state index contributed by atoms with van der Waals surface area (Å²) in [4.78, 5) is 12.4. The Morgan fingerprint density at radius 2 is 2.00 bits per heavy atom. The Morgan fingerprint density at radius 3 is 2.60 bits per heavy atom. The van der Waals surface area contributed by atoms with Crippen molar-refractivity contribution in [3.05, 3.63) is 24.0 Å². The molecule has 8 heteroatoms. The molecule has 2 heterocycles. The van der Waals surface area contributed by atoms with E-state index in [1.807, 2.05) is 20.8 Å². The van der Waals surface area contributed by atoms with Crippen LogP contribution in [0.1, 0.15) is 38.7 Å². The molecule has 0 fully saturated rings. The average Bonchev–Trinajstić information content (AvgIpc) is 2.61. The largest absolute Gasteiger partial charge is 0.481 e. The van der Waals surface area contributed by atoms with E-state index in [1.54, 1.807) is 19.4 Å². The molecule has 2 rings (SSSR count). The number of hydrogen-bond acceptors (Lipinski definition) is 8. The van der Waals surface area contributed by atoms with Crippen LogP contribution in [0.25, 0.3) is 0 Å². The summed E-state index contributed by atoms with van der Waals surface area (Å²) in [6.45, 7) is 6.03. The van der Waals surface area contributed by atoms with Crippen molar-refractivity contribution >= 4 is 11.8 Å². The molecule has 0 aliphatic carbocycles. The molecule has 0 spiro atoms. The zero-order valence-corrected chi connectivity index (χ0v) is 15.0. The second-order valence-corrected chi connectivity index (χ2v) is 5.89. The summed E-state index contributed by atoms with van der Waals surface area (Å²) in [6.07, 6.45) is 3.96. The number of nitrogens with one attached hydrogen (secondary N) is 1. The van der Waals surface area contributed by atoms with Gasteiger partial charge in [-0.1, -0.05) is 20.8 Å². The lowest BCUT2D eigenvalue weighted by atomic mass is 10.0. The van der Waals surface area contributed by atoms with Crippen LogP contribution in [0, 0.1) is 0 Å². The van der Waals surface area contributed by atoms with Gasteiger partial charge in [-0.3, -0.25) is 0 Å². The minimum atomic E-state index is -0.159. The Morgan fingerprint density at radius 1 is 1.24 bits per heavy atom. The Kier molecular flexibility index (Phi) is 6.35. The zero-order valence-electron chi connectivity index (χ0n) is 15.0. The van der Waals surface area contributed by atoms with E-state index in [1.165, 1.54) is 6.20 Å². The third kappa shape index (κ3) is 4.69. The Hall–Kier alpha value is -2.61. The smallest absolute Gasteiger partial charge is 0.222 e. The van der Waals surface area contributed by atoms with E-state index in [0.29, 0.717) is 23.2 Å². The molecular weight excluding hydrogens is 322 g/mol. The van der Waals surface area contributed by atoms with Gasteiger partial charge >= 0.3 is 0 Å². The maximum absolute atomic E-state index is 9.42. The van der Waals surface area contributed by atoms with Gasteiger partial charge in [0.1, 0.15) is 5.75 Å². The molecule has 25 heavy (non-hydrogen) atoms. The van der Waals surface area contributed by atoms with Gasteiger partial charge in [0.05, 0.1) is 26.0 Å². The molecule has 2 aromatic rings. The number of rotatable bonds is 8. The Balaban J connectivity index is 2.39. The second-order valence-electron chi connectivity index (χ2n) is 5.89. The standard InChI is InChI=1S/C17H25N5O3/c1-5-11(9-23)21-16-14(8-20-17(18)22-16)25-13-6-15(24-4)19-7-12(13)10(2)3/h6-8,10-11,23H,5,9H2,1-4H3,(H3,18,20,21,22). The molecule has 4 N–H and O–H groups in total. The van der Waals surface area contributed by atoms with Crippen LogP contribution in [-0.2, 0) is 0 Å². The van der Waals surface area contributed by atoms with Gasteiger partial charge in [-0.25, -0.2) is 9.97 Å². The quantitative estimate of drug-likeness (QED) is 0.667. The summed E-state index contributed by atoms with van der Waals surface area (Å²) in [7, 11) is 1.55. The fraction of sp³-hybridized carbons (Fsp3) is 0.471. The van der Waals surface area contributed by atoms with Crippen LogP contribution in [-0.4, -0.2) is 39.8 Å². The number of pyridine rings is 1. The van der Waals surface area contributed by atoms with Crippen LogP contribution >= 0.6 is 0 Å². The maximum atomic E-state index is 9.42. The van der Waals surface area contributed by atoms with Crippen LogP contribution < -0.4 is 20.5 Å². The molecule has 0 saturated carbocycles. The number of methoxy groups -OCH3 is 1. The van der Waals surface area contributed by atoms with E-state index < -0.39 is 0 Å². The van der Waals surface area contributed by atoms with Crippen molar-refractivity contribution in [3.63, 3.8) is 0 Å². The summed E-state index contributed by atoms with van der Waals surface area (Å²) in [6, 6.07) is 1.56. The molecule has 0 saturated heterocycles. The molecule has 1 atom stereocenters. The number of nitrogen functional groups attached to an aromatic ring is 1. The fourth-order valence-electron chi connectivity index (χ4n) is 2.21. The average molecular weight is 347 g/mol. The van der Waals surface area contributed by atoms with Gasteiger partial charge in [-0.05, 0) is 12.3 Å². The SMILES string of the molecule is CCC(CO)Nc1nc(N)ncc1Oc1cc(OC)ncc1C(C)C. The van der Waals surface area contributed by atoms with Crippen LogP contribution in [0.2, 0.25) is 0 Å². The molecule has 0 bridgehead atoms. The number of ether oxygens (including phenoxy) is 2. The predicted octanol–water partition coefficient (Wildman–Crippen LogP) is 2.56. The molecule has 136 valence electrons. The lowest BCUT2D eigenvalue weighted by molar-refractivity contribution is 0.271. The van der Waals surface area contributed by atoms with E-state index in [0.717, 1.165) is 12.0 Å². The number of anilines is 2. The van der Waals surface area contributed by atoms with Crippen molar-refractivity contribution in [2.75, 3.05) is 24.8 Å². The molecule has 0 aromatic carbocycles. The number of hydrogen-bond donors (Lipinski definition) is 3. The highest BCUT2D eigenvalue weighted by Crippen LogP contribution is 2.35. The first kappa shape index (κ1) is 18.7. The van der Waals surface area contributed by atoms with Gasteiger partial charge in [0.25, 0.3) is 0 Å². The van der Waals surface area contributed by atoms with E-state index in [2.05, 4.69) is 20.3 Å². The third-order valence-corrected chi connectivity index (χ3v) is 3.75. The molecule has 0 aliphatic heterocycles. The lowest BCUT2D eigenvalue weighted by Crippen LogP contribution is -2.23. The van der Waals surface area contributed by atoms with E-state index in [9.17, 15) is 5.11 Å². The van der Waals surface area contributed by atoms with Crippen molar-refractivity contribution in [1.29, 1.82) is 0 Å². The molecular formula is C17H25N5O3. The topological polar surface area (TPSA) is 115 Å². The van der Waals surface area contributed by atoms with E-state index in [-0.39, 0.29) is 24.5 Å². The molecule has 8 nitrogen and oxygen atoms in total. The van der Waals surface area contributed by atoms with E-state index >= 15 is 0 Å². The fourth-order valence-corrected chi connectivity index (χ4v) is 2.21. The van der Waals surface area contributed by atoms with Crippen molar-refractivity contribution < 1.29 is 14.6 Å². The predicted molar refractivity (Wildman–Crippen MR) is 96.2 cm³/mol. The van der Waals surface area contributed by atoms with Crippen molar-refractivity contribution in [1.82, 2.24) is 15.0 Å². The Bertz CT molecular complexity index is 705. The van der Waals surface area contributed by atoms with Crippen molar-refractivity contribution in [2.24, 2.45) is 0 Å². The van der Waals surface area contributed by atoms with Gasteiger partial charge in [0.2, 0.25) is 11.8 Å². The molecule has 2 aromatic heterocycles. The normalized spacial score (nSPS) is 12.1. The molecule has 1 unspecified atom stereocenters. The molecule has 0 aliphatic rings. The number of aliphatic hydroxyl groups is 1. The summed E-state index contributed by atoms with van der Waals surface area (Å²) < 4.78 is 11.2. The van der Waals surface area contributed by atoms with Crippen molar-refractivity contribution in [3.8, 4) is 17.4 Å². The Labute approximate surface area is 147 Å².